The summed E-state index contributed by atoms with van der Waals surface area (Å²) in [6.07, 6.45) is -0.288. The molecule has 2 fully saturated rings. The summed E-state index contributed by atoms with van der Waals surface area (Å²) in [5.74, 6) is -1.91. The van der Waals surface area contributed by atoms with E-state index in [2.05, 4.69) is 10.4 Å². The number of piperidine rings is 1. The van der Waals surface area contributed by atoms with E-state index in [1.54, 1.807) is 10.9 Å². The fourth-order valence-corrected chi connectivity index (χ4v) is 4.01. The quantitative estimate of drug-likeness (QED) is 0.853. The lowest BCUT2D eigenvalue weighted by Gasteiger charge is -2.34. The van der Waals surface area contributed by atoms with E-state index < -0.39 is 36.4 Å². The van der Waals surface area contributed by atoms with Crippen molar-refractivity contribution in [2.45, 2.75) is 69.4 Å². The average molecular weight is 375 g/mol. The third kappa shape index (κ3) is 3.77. The Morgan fingerprint density at radius 2 is 2.00 bits per heavy atom. The lowest BCUT2D eigenvalue weighted by Crippen LogP contribution is -2.44. The molecule has 1 spiro atoms. The molecule has 2 aliphatic heterocycles. The van der Waals surface area contributed by atoms with Gasteiger partial charge in [-0.2, -0.15) is 18.3 Å². The highest BCUT2D eigenvalue weighted by Gasteiger charge is 2.56. The maximum Gasteiger partial charge on any atom is 0.396 e. The van der Waals surface area contributed by atoms with Gasteiger partial charge in [-0.3, -0.25) is 4.68 Å². The van der Waals surface area contributed by atoms with Gasteiger partial charge >= 0.3 is 6.18 Å². The molecular weight excluding hydrogens is 347 g/mol. The van der Waals surface area contributed by atoms with Gasteiger partial charge < -0.3 is 15.2 Å². The number of alkyl halides is 3. The molecule has 0 bridgehead atoms. The van der Waals surface area contributed by atoms with Gasteiger partial charge in [0, 0.05) is 12.6 Å². The second-order valence-electron chi connectivity index (χ2n) is 8.58. The molecule has 148 valence electrons. The number of nitrogens with one attached hydrogen (secondary N) is 1. The van der Waals surface area contributed by atoms with Gasteiger partial charge in [0.25, 0.3) is 0 Å². The highest BCUT2D eigenvalue weighted by Crippen LogP contribution is 2.48. The topological polar surface area (TPSA) is 59.3 Å². The second kappa shape index (κ2) is 6.80. The van der Waals surface area contributed by atoms with Crippen molar-refractivity contribution in [2.75, 3.05) is 19.7 Å². The molecule has 0 saturated carbocycles. The molecule has 5 nitrogen and oxygen atoms in total. The summed E-state index contributed by atoms with van der Waals surface area (Å²) in [5.41, 5.74) is 0.253. The lowest BCUT2D eigenvalue weighted by molar-refractivity contribution is -0.226. The molecule has 0 amide bonds. The molecule has 2 N–H and O–H groups in total. The molecule has 0 aromatic carbocycles. The van der Waals surface area contributed by atoms with Crippen LogP contribution in [0, 0.1) is 5.92 Å². The molecule has 2 saturated heterocycles. The fourth-order valence-electron chi connectivity index (χ4n) is 4.01. The van der Waals surface area contributed by atoms with Crippen LogP contribution in [0.1, 0.15) is 51.6 Å². The minimum atomic E-state index is -4.52. The van der Waals surface area contributed by atoms with Gasteiger partial charge in [0.15, 0.2) is 0 Å². The summed E-state index contributed by atoms with van der Waals surface area (Å²) in [6, 6.07) is -0.539. The number of aromatic nitrogens is 2. The molecule has 3 heterocycles. The van der Waals surface area contributed by atoms with E-state index >= 15 is 0 Å². The SMILES string of the molecule is CC(C)(C)c1cnn(C2CC3(CCNCC3)O[C@@H]2C(CO)C(F)(F)F)c1. The summed E-state index contributed by atoms with van der Waals surface area (Å²) in [7, 11) is 0. The highest BCUT2D eigenvalue weighted by molar-refractivity contribution is 5.16. The molecule has 1 aromatic heterocycles. The molecule has 8 heteroatoms. The number of hydrogen-bond acceptors (Lipinski definition) is 4. The second-order valence-corrected chi connectivity index (χ2v) is 8.58. The van der Waals surface area contributed by atoms with Crippen molar-refractivity contribution < 1.29 is 23.0 Å². The molecule has 1 aromatic rings. The number of halogens is 3. The van der Waals surface area contributed by atoms with Gasteiger partial charge in [0.05, 0.1) is 30.6 Å². The molecule has 0 radical (unpaired) electrons. The summed E-state index contributed by atoms with van der Waals surface area (Å²) in [4.78, 5) is 0. The Balaban J connectivity index is 1.94. The Hall–Kier alpha value is -1.12. The van der Waals surface area contributed by atoms with Gasteiger partial charge in [-0.05, 0) is 36.9 Å². The van der Waals surface area contributed by atoms with Crippen molar-refractivity contribution in [2.24, 2.45) is 5.92 Å². The zero-order valence-electron chi connectivity index (χ0n) is 15.5. The number of nitrogens with zero attached hydrogens (tertiary/aromatic N) is 2. The first kappa shape index (κ1) is 19.6. The number of ether oxygens (including phenoxy) is 1. The predicted octanol–water partition coefficient (Wildman–Crippen LogP) is 2.80. The van der Waals surface area contributed by atoms with Crippen LogP contribution in [0.2, 0.25) is 0 Å². The van der Waals surface area contributed by atoms with Crippen LogP contribution in [-0.4, -0.2) is 52.5 Å². The molecule has 0 aliphatic carbocycles. The van der Waals surface area contributed by atoms with Crippen LogP contribution in [0.15, 0.2) is 12.4 Å². The van der Waals surface area contributed by atoms with Crippen molar-refractivity contribution >= 4 is 0 Å². The van der Waals surface area contributed by atoms with E-state index in [4.69, 9.17) is 4.74 Å². The third-order valence-electron chi connectivity index (χ3n) is 5.68. The van der Waals surface area contributed by atoms with E-state index in [9.17, 15) is 18.3 Å². The van der Waals surface area contributed by atoms with E-state index in [1.165, 1.54) is 0 Å². The molecule has 3 rings (SSSR count). The van der Waals surface area contributed by atoms with Crippen LogP contribution >= 0.6 is 0 Å². The summed E-state index contributed by atoms with van der Waals surface area (Å²) in [5, 5.41) is 17.1. The number of hydrogen-bond donors (Lipinski definition) is 2. The van der Waals surface area contributed by atoms with Gasteiger partial charge in [-0.15, -0.1) is 0 Å². The summed E-state index contributed by atoms with van der Waals surface area (Å²) >= 11 is 0. The molecule has 26 heavy (non-hydrogen) atoms. The number of aliphatic hydroxyl groups excluding tert-OH is 1. The zero-order valence-corrected chi connectivity index (χ0v) is 15.5. The Morgan fingerprint density at radius 1 is 1.35 bits per heavy atom. The molecule has 2 unspecified atom stereocenters. The minimum Gasteiger partial charge on any atom is -0.396 e. The summed E-state index contributed by atoms with van der Waals surface area (Å²) < 4.78 is 48.3. The van der Waals surface area contributed by atoms with Crippen LogP contribution in [0.5, 0.6) is 0 Å². The van der Waals surface area contributed by atoms with Gasteiger partial charge in [0.2, 0.25) is 0 Å². The maximum absolute atomic E-state index is 13.5. The first-order valence-corrected chi connectivity index (χ1v) is 9.16. The van der Waals surface area contributed by atoms with Gasteiger partial charge in [-0.1, -0.05) is 20.8 Å². The predicted molar refractivity (Wildman–Crippen MR) is 90.9 cm³/mol. The number of aliphatic hydroxyl groups is 1. The van der Waals surface area contributed by atoms with Crippen molar-refractivity contribution in [1.29, 1.82) is 0 Å². The van der Waals surface area contributed by atoms with Crippen LogP contribution in [0.3, 0.4) is 0 Å². The van der Waals surface area contributed by atoms with Crippen LogP contribution < -0.4 is 5.32 Å². The zero-order chi connectivity index (χ0) is 19.2. The Morgan fingerprint density at radius 3 is 2.50 bits per heavy atom. The number of rotatable bonds is 3. The first-order chi connectivity index (χ1) is 12.1. The largest absolute Gasteiger partial charge is 0.396 e. The monoisotopic (exact) mass is 375 g/mol. The van der Waals surface area contributed by atoms with E-state index in [-0.39, 0.29) is 5.41 Å². The average Bonchev–Trinajstić information content (AvgIpc) is 3.13. The minimum absolute atomic E-state index is 0.139. The van der Waals surface area contributed by atoms with Crippen molar-refractivity contribution in [3.05, 3.63) is 18.0 Å². The highest BCUT2D eigenvalue weighted by atomic mass is 19.4. The van der Waals surface area contributed by atoms with E-state index in [0.717, 1.165) is 18.7 Å². The van der Waals surface area contributed by atoms with E-state index in [0.29, 0.717) is 19.3 Å². The Labute approximate surface area is 151 Å². The van der Waals surface area contributed by atoms with Crippen molar-refractivity contribution in [3.8, 4) is 0 Å². The molecular formula is C18H28F3N3O2. The van der Waals surface area contributed by atoms with Crippen LogP contribution in [0.4, 0.5) is 13.2 Å². The first-order valence-electron chi connectivity index (χ1n) is 9.16. The normalized spacial score (nSPS) is 27.8. The van der Waals surface area contributed by atoms with E-state index in [1.807, 2.05) is 27.0 Å². The third-order valence-corrected chi connectivity index (χ3v) is 5.68. The van der Waals surface area contributed by atoms with Crippen LogP contribution in [0.25, 0.3) is 0 Å². The summed E-state index contributed by atoms with van der Waals surface area (Å²) in [6.45, 7) is 6.59. The molecule has 3 atom stereocenters. The van der Waals surface area contributed by atoms with Crippen LogP contribution in [-0.2, 0) is 10.2 Å². The Bertz CT molecular complexity index is 618. The molecule has 2 aliphatic rings. The van der Waals surface area contributed by atoms with Crippen molar-refractivity contribution in [1.82, 2.24) is 15.1 Å². The lowest BCUT2D eigenvalue weighted by atomic mass is 9.86. The smallest absolute Gasteiger partial charge is 0.396 e. The Kier molecular flexibility index (Phi) is 5.13. The van der Waals surface area contributed by atoms with Gasteiger partial charge in [-0.25, -0.2) is 0 Å². The maximum atomic E-state index is 13.5. The van der Waals surface area contributed by atoms with Crippen molar-refractivity contribution in [3.63, 3.8) is 0 Å². The standard InChI is InChI=1S/C18H28F3N3O2/c1-16(2,3)12-9-23-24(10-12)14-8-17(4-6-22-7-5-17)26-15(14)13(11-25)18(19,20)21/h9-10,13-15,22,25H,4-8,11H2,1-3H3/t13?,14?,15-/m1/s1. The van der Waals surface area contributed by atoms with Gasteiger partial charge in [0.1, 0.15) is 5.92 Å². The fraction of sp³-hybridized carbons (Fsp3) is 0.833.